The van der Waals surface area contributed by atoms with E-state index in [0.717, 1.165) is 5.69 Å². The Hall–Kier alpha value is -2.17. The number of aryl methyl sites for hydroxylation is 1. The van der Waals surface area contributed by atoms with E-state index >= 15 is 0 Å². The molecule has 1 aromatic carbocycles. The first-order chi connectivity index (χ1) is 8.65. The molecular formula is C13H14FN3O. The number of nitrogens with zero attached hydrogens (tertiary/aromatic N) is 2. The lowest BCUT2D eigenvalue weighted by Crippen LogP contribution is -2.25. The summed E-state index contributed by atoms with van der Waals surface area (Å²) in [4.78, 5) is 15.9. The number of carbonyl (C=O) groups is 1. The van der Waals surface area contributed by atoms with E-state index < -0.39 is 0 Å². The van der Waals surface area contributed by atoms with Crippen LogP contribution in [0.1, 0.15) is 16.1 Å². The minimum Gasteiger partial charge on any atom is -0.352 e. The van der Waals surface area contributed by atoms with Gasteiger partial charge >= 0.3 is 0 Å². The molecule has 2 aromatic rings. The number of halogens is 1. The van der Waals surface area contributed by atoms with Crippen molar-refractivity contribution >= 4 is 5.91 Å². The Morgan fingerprint density at radius 2 is 2.11 bits per heavy atom. The molecule has 0 aliphatic carbocycles. The Morgan fingerprint density at radius 3 is 2.72 bits per heavy atom. The van der Waals surface area contributed by atoms with Crippen molar-refractivity contribution in [3.8, 4) is 0 Å². The highest BCUT2D eigenvalue weighted by Crippen LogP contribution is 2.02. The molecule has 1 N–H and O–H groups in total. The fourth-order valence-corrected chi connectivity index (χ4v) is 1.60. The van der Waals surface area contributed by atoms with Gasteiger partial charge in [-0.3, -0.25) is 4.79 Å². The van der Waals surface area contributed by atoms with E-state index in [1.54, 1.807) is 6.33 Å². The lowest BCUT2D eigenvalue weighted by atomic mass is 10.2. The van der Waals surface area contributed by atoms with Crippen molar-refractivity contribution in [3.63, 3.8) is 0 Å². The van der Waals surface area contributed by atoms with Crippen molar-refractivity contribution in [1.29, 1.82) is 0 Å². The zero-order valence-corrected chi connectivity index (χ0v) is 10.1. The number of imidazole rings is 1. The molecule has 2 rings (SSSR count). The van der Waals surface area contributed by atoms with Crippen molar-refractivity contribution in [2.45, 2.75) is 6.42 Å². The summed E-state index contributed by atoms with van der Waals surface area (Å²) in [5, 5.41) is 2.77. The fraction of sp³-hybridized carbons (Fsp3) is 0.231. The molecule has 18 heavy (non-hydrogen) atoms. The van der Waals surface area contributed by atoms with Crippen LogP contribution in [-0.4, -0.2) is 22.0 Å². The first-order valence-electron chi connectivity index (χ1n) is 5.66. The summed E-state index contributed by atoms with van der Waals surface area (Å²) in [7, 11) is 1.90. The summed E-state index contributed by atoms with van der Waals surface area (Å²) in [6, 6.07) is 5.47. The van der Waals surface area contributed by atoms with Crippen LogP contribution in [0.5, 0.6) is 0 Å². The molecule has 0 aliphatic heterocycles. The Morgan fingerprint density at radius 1 is 1.39 bits per heavy atom. The van der Waals surface area contributed by atoms with Crippen LogP contribution in [0.15, 0.2) is 36.8 Å². The minimum atomic E-state index is -0.347. The second-order valence-electron chi connectivity index (χ2n) is 4.04. The van der Waals surface area contributed by atoms with Gasteiger partial charge in [-0.25, -0.2) is 9.37 Å². The average molecular weight is 247 g/mol. The van der Waals surface area contributed by atoms with Gasteiger partial charge in [-0.1, -0.05) is 0 Å². The molecule has 0 radical (unpaired) electrons. The Bertz CT molecular complexity index is 533. The van der Waals surface area contributed by atoms with Gasteiger partial charge in [-0.05, 0) is 24.3 Å². The maximum Gasteiger partial charge on any atom is 0.251 e. The van der Waals surface area contributed by atoms with Gasteiger partial charge in [0, 0.05) is 31.8 Å². The molecule has 0 spiro atoms. The highest BCUT2D eigenvalue weighted by Gasteiger charge is 2.05. The third kappa shape index (κ3) is 3.16. The second kappa shape index (κ2) is 5.44. The molecular weight excluding hydrogens is 233 g/mol. The van der Waals surface area contributed by atoms with Crippen molar-refractivity contribution < 1.29 is 9.18 Å². The summed E-state index contributed by atoms with van der Waals surface area (Å²) < 4.78 is 14.5. The van der Waals surface area contributed by atoms with Gasteiger partial charge in [0.15, 0.2) is 0 Å². The molecule has 1 aromatic heterocycles. The van der Waals surface area contributed by atoms with E-state index in [-0.39, 0.29) is 11.7 Å². The highest BCUT2D eigenvalue weighted by atomic mass is 19.1. The second-order valence-corrected chi connectivity index (χ2v) is 4.04. The first-order valence-corrected chi connectivity index (χ1v) is 5.66. The number of hydrogen-bond acceptors (Lipinski definition) is 2. The third-order valence-electron chi connectivity index (χ3n) is 2.53. The molecule has 4 nitrogen and oxygen atoms in total. The maximum absolute atomic E-state index is 12.7. The lowest BCUT2D eigenvalue weighted by Gasteiger charge is -2.03. The van der Waals surface area contributed by atoms with Crippen molar-refractivity contribution in [2.75, 3.05) is 6.54 Å². The number of aromatic nitrogens is 2. The maximum atomic E-state index is 12.7. The van der Waals surface area contributed by atoms with Crippen LogP contribution in [0.25, 0.3) is 0 Å². The van der Waals surface area contributed by atoms with E-state index in [9.17, 15) is 9.18 Å². The molecule has 0 atom stereocenters. The summed E-state index contributed by atoms with van der Waals surface area (Å²) in [6.45, 7) is 0.507. The molecule has 1 amide bonds. The first kappa shape index (κ1) is 12.3. The molecule has 5 heteroatoms. The van der Waals surface area contributed by atoms with Gasteiger partial charge in [0.05, 0.1) is 12.0 Å². The summed E-state index contributed by atoms with van der Waals surface area (Å²) in [6.07, 6.45) is 4.30. The van der Waals surface area contributed by atoms with Crippen molar-refractivity contribution in [3.05, 3.63) is 53.9 Å². The zero-order valence-electron chi connectivity index (χ0n) is 10.1. The van der Waals surface area contributed by atoms with Crippen LogP contribution in [0, 0.1) is 5.82 Å². The molecule has 0 aliphatic rings. The van der Waals surface area contributed by atoms with Gasteiger partial charge in [-0.2, -0.15) is 0 Å². The average Bonchev–Trinajstić information content (AvgIpc) is 2.76. The quantitative estimate of drug-likeness (QED) is 0.890. The summed E-state index contributed by atoms with van der Waals surface area (Å²) in [5.41, 5.74) is 1.38. The predicted octanol–water partition coefficient (Wildman–Crippen LogP) is 1.53. The van der Waals surface area contributed by atoms with E-state index in [2.05, 4.69) is 10.3 Å². The minimum absolute atomic E-state index is 0.203. The molecule has 0 fully saturated rings. The Labute approximate surface area is 104 Å². The molecule has 0 bridgehead atoms. The molecule has 0 saturated carbocycles. The van der Waals surface area contributed by atoms with E-state index in [1.807, 2.05) is 17.8 Å². The number of hydrogen-bond donors (Lipinski definition) is 1. The number of nitrogens with one attached hydrogen (secondary N) is 1. The molecule has 1 heterocycles. The normalized spacial score (nSPS) is 10.3. The Balaban J connectivity index is 1.83. The third-order valence-corrected chi connectivity index (χ3v) is 2.53. The fourth-order valence-electron chi connectivity index (χ4n) is 1.60. The summed E-state index contributed by atoms with van der Waals surface area (Å²) in [5.74, 6) is -0.550. The van der Waals surface area contributed by atoms with Crippen LogP contribution in [0.4, 0.5) is 4.39 Å². The molecule has 94 valence electrons. The SMILES string of the molecule is Cn1cnc(CCNC(=O)c2ccc(F)cc2)c1. The van der Waals surface area contributed by atoms with Crippen molar-refractivity contribution in [2.24, 2.45) is 7.05 Å². The number of amides is 1. The summed E-state index contributed by atoms with van der Waals surface area (Å²) >= 11 is 0. The van der Waals surface area contributed by atoms with Gasteiger partial charge < -0.3 is 9.88 Å². The zero-order chi connectivity index (χ0) is 13.0. The van der Waals surface area contributed by atoms with Crippen LogP contribution < -0.4 is 5.32 Å². The molecule has 0 unspecified atom stereocenters. The predicted molar refractivity (Wildman–Crippen MR) is 65.6 cm³/mol. The van der Waals surface area contributed by atoms with Crippen LogP contribution in [-0.2, 0) is 13.5 Å². The molecule has 0 saturated heterocycles. The highest BCUT2D eigenvalue weighted by molar-refractivity contribution is 5.94. The van der Waals surface area contributed by atoms with E-state index in [4.69, 9.17) is 0 Å². The lowest BCUT2D eigenvalue weighted by molar-refractivity contribution is 0.0954. The van der Waals surface area contributed by atoms with E-state index in [1.165, 1.54) is 24.3 Å². The standard InChI is InChI=1S/C13H14FN3O/c1-17-8-12(16-9-17)6-7-15-13(18)10-2-4-11(14)5-3-10/h2-5,8-9H,6-7H2,1H3,(H,15,18). The monoisotopic (exact) mass is 247 g/mol. The number of benzene rings is 1. The van der Waals surface area contributed by atoms with Crippen LogP contribution in [0.3, 0.4) is 0 Å². The van der Waals surface area contributed by atoms with Crippen molar-refractivity contribution in [1.82, 2.24) is 14.9 Å². The van der Waals surface area contributed by atoms with Gasteiger partial charge in [0.25, 0.3) is 5.91 Å². The van der Waals surface area contributed by atoms with E-state index in [0.29, 0.717) is 18.5 Å². The van der Waals surface area contributed by atoms with Gasteiger partial charge in [-0.15, -0.1) is 0 Å². The number of rotatable bonds is 4. The topological polar surface area (TPSA) is 46.9 Å². The largest absolute Gasteiger partial charge is 0.352 e. The van der Waals surface area contributed by atoms with Gasteiger partial charge in [0.2, 0.25) is 0 Å². The van der Waals surface area contributed by atoms with Crippen LogP contribution in [0.2, 0.25) is 0 Å². The number of carbonyl (C=O) groups excluding carboxylic acids is 1. The van der Waals surface area contributed by atoms with Gasteiger partial charge in [0.1, 0.15) is 5.82 Å². The smallest absolute Gasteiger partial charge is 0.251 e. The Kier molecular flexibility index (Phi) is 3.72. The van der Waals surface area contributed by atoms with Crippen LogP contribution >= 0.6 is 0 Å².